The molecule has 0 aromatic heterocycles. The molecular weight excluding hydrogens is 454 g/mol. The van der Waals surface area contributed by atoms with Crippen molar-refractivity contribution >= 4 is 43.2 Å². The summed E-state index contributed by atoms with van der Waals surface area (Å²) in [5.74, 6) is -0.590. The van der Waals surface area contributed by atoms with Crippen molar-refractivity contribution < 1.29 is 26.4 Å². The molecule has 2 rings (SSSR count). The van der Waals surface area contributed by atoms with E-state index in [2.05, 4.69) is 5.32 Å². The molecule has 0 atom stereocenters. The fourth-order valence-corrected chi connectivity index (χ4v) is 4.61. The number of ether oxygens (including phenoxy) is 1. The van der Waals surface area contributed by atoms with Crippen LogP contribution in [0.3, 0.4) is 0 Å². The fraction of sp³-hybridized carbons (Fsp3) is 0.278. The third kappa shape index (κ3) is 4.76. The molecule has 0 aliphatic heterocycles. The summed E-state index contributed by atoms with van der Waals surface area (Å²) in [4.78, 5) is 12.5. The van der Waals surface area contributed by atoms with E-state index in [1.54, 1.807) is 0 Å². The number of hydrogen-bond acceptors (Lipinski definition) is 6. The number of rotatable bonds is 7. The highest BCUT2D eigenvalue weighted by molar-refractivity contribution is 7.89. The maximum absolute atomic E-state index is 12.7. The maximum Gasteiger partial charge on any atom is 0.257 e. The Kier molecular flexibility index (Phi) is 7.15. The van der Waals surface area contributed by atoms with Crippen molar-refractivity contribution in [2.24, 2.45) is 0 Å². The average molecular weight is 476 g/mol. The minimum Gasteiger partial charge on any atom is -0.495 e. The summed E-state index contributed by atoms with van der Waals surface area (Å²) in [5.41, 5.74) is 0.0885. The van der Waals surface area contributed by atoms with Crippen LogP contribution in [0.5, 0.6) is 5.75 Å². The third-order valence-electron chi connectivity index (χ3n) is 4.14. The minimum atomic E-state index is -3.84. The number of hydrogen-bond donors (Lipinski definition) is 1. The number of nitrogens with zero attached hydrogens (tertiary/aromatic N) is 2. The van der Waals surface area contributed by atoms with Crippen molar-refractivity contribution in [2.45, 2.75) is 9.79 Å². The van der Waals surface area contributed by atoms with Gasteiger partial charge in [0.1, 0.15) is 10.6 Å². The van der Waals surface area contributed by atoms with E-state index in [-0.39, 0.29) is 31.8 Å². The number of halogens is 1. The molecule has 30 heavy (non-hydrogen) atoms. The molecule has 0 unspecified atom stereocenters. The van der Waals surface area contributed by atoms with E-state index < -0.39 is 26.0 Å². The zero-order chi connectivity index (χ0) is 22.9. The summed E-state index contributed by atoms with van der Waals surface area (Å²) in [6.07, 6.45) is 0. The molecule has 1 amide bonds. The van der Waals surface area contributed by atoms with Gasteiger partial charge in [-0.15, -0.1) is 0 Å². The highest BCUT2D eigenvalue weighted by Gasteiger charge is 2.24. The van der Waals surface area contributed by atoms with Crippen LogP contribution in [0.2, 0.25) is 5.02 Å². The van der Waals surface area contributed by atoms with Crippen LogP contribution >= 0.6 is 11.6 Å². The Hall–Kier alpha value is -2.18. The number of amides is 1. The molecule has 2 aromatic carbocycles. The van der Waals surface area contributed by atoms with Crippen LogP contribution < -0.4 is 10.1 Å². The van der Waals surface area contributed by atoms with Crippen molar-refractivity contribution in [1.82, 2.24) is 8.61 Å². The summed E-state index contributed by atoms with van der Waals surface area (Å²) >= 11 is 6.09. The number of carbonyl (C=O) groups is 1. The normalized spacial score (nSPS) is 12.3. The third-order valence-corrected chi connectivity index (χ3v) is 8.12. The molecule has 1 N–H and O–H groups in total. The largest absolute Gasteiger partial charge is 0.495 e. The Morgan fingerprint density at radius 2 is 1.53 bits per heavy atom. The second-order valence-electron chi connectivity index (χ2n) is 6.54. The monoisotopic (exact) mass is 475 g/mol. The van der Waals surface area contributed by atoms with Gasteiger partial charge in [0.15, 0.2) is 0 Å². The molecule has 0 aliphatic rings. The van der Waals surface area contributed by atoms with Crippen LogP contribution in [0.4, 0.5) is 5.69 Å². The molecule has 0 saturated heterocycles. The molecule has 164 valence electrons. The topological polar surface area (TPSA) is 113 Å². The fourth-order valence-electron chi connectivity index (χ4n) is 2.40. The Labute approximate surface area is 181 Å². The smallest absolute Gasteiger partial charge is 0.257 e. The van der Waals surface area contributed by atoms with Gasteiger partial charge in [-0.2, -0.15) is 0 Å². The SMILES string of the molecule is COc1ccc(NC(=O)c2cc(S(=O)(=O)N(C)C)ccc2Cl)cc1S(=O)(=O)N(C)C. The summed E-state index contributed by atoms with van der Waals surface area (Å²) in [6, 6.07) is 7.88. The van der Waals surface area contributed by atoms with Crippen molar-refractivity contribution in [3.8, 4) is 5.75 Å². The lowest BCUT2D eigenvalue weighted by Crippen LogP contribution is -2.23. The van der Waals surface area contributed by atoms with E-state index in [9.17, 15) is 21.6 Å². The highest BCUT2D eigenvalue weighted by atomic mass is 35.5. The van der Waals surface area contributed by atoms with Crippen LogP contribution in [-0.4, -0.2) is 66.7 Å². The van der Waals surface area contributed by atoms with Gasteiger partial charge >= 0.3 is 0 Å². The van der Waals surface area contributed by atoms with Gasteiger partial charge in [0.25, 0.3) is 5.91 Å². The zero-order valence-electron chi connectivity index (χ0n) is 17.0. The highest BCUT2D eigenvalue weighted by Crippen LogP contribution is 2.30. The average Bonchev–Trinajstić information content (AvgIpc) is 2.67. The molecule has 0 heterocycles. The lowest BCUT2D eigenvalue weighted by atomic mass is 10.2. The van der Waals surface area contributed by atoms with Crippen LogP contribution in [0.25, 0.3) is 0 Å². The van der Waals surface area contributed by atoms with Gasteiger partial charge in [0.2, 0.25) is 20.0 Å². The minimum absolute atomic E-state index is 0.0415. The lowest BCUT2D eigenvalue weighted by molar-refractivity contribution is 0.102. The predicted octanol–water partition coefficient (Wildman–Crippen LogP) is 2.10. The number of methoxy groups -OCH3 is 1. The molecule has 2 aromatic rings. The number of sulfonamides is 2. The number of carbonyl (C=O) groups excluding carboxylic acids is 1. The van der Waals surface area contributed by atoms with Crippen LogP contribution in [0.1, 0.15) is 10.4 Å². The van der Waals surface area contributed by atoms with E-state index in [1.165, 1.54) is 65.6 Å². The van der Waals surface area contributed by atoms with Gasteiger partial charge in [0.05, 0.1) is 22.6 Å². The molecule has 0 aliphatic carbocycles. The molecule has 9 nitrogen and oxygen atoms in total. The van der Waals surface area contributed by atoms with Gasteiger partial charge in [0, 0.05) is 33.9 Å². The molecule has 0 radical (unpaired) electrons. The summed E-state index contributed by atoms with van der Waals surface area (Å²) in [5, 5.41) is 2.58. The van der Waals surface area contributed by atoms with Crippen molar-refractivity contribution in [3.05, 3.63) is 47.0 Å². The van der Waals surface area contributed by atoms with E-state index >= 15 is 0 Å². The predicted molar refractivity (Wildman–Crippen MR) is 114 cm³/mol. The van der Waals surface area contributed by atoms with Gasteiger partial charge in [-0.3, -0.25) is 4.79 Å². The molecule has 0 saturated carbocycles. The Balaban J connectivity index is 2.47. The van der Waals surface area contributed by atoms with E-state index in [4.69, 9.17) is 16.3 Å². The maximum atomic E-state index is 12.7. The molecule has 0 fully saturated rings. The van der Waals surface area contributed by atoms with Crippen LogP contribution in [-0.2, 0) is 20.0 Å². The van der Waals surface area contributed by atoms with Gasteiger partial charge in [-0.25, -0.2) is 25.4 Å². The molecular formula is C18H22ClN3O6S2. The summed E-state index contributed by atoms with van der Waals surface area (Å²) < 4.78 is 56.9. The first-order valence-corrected chi connectivity index (χ1v) is 11.7. The second-order valence-corrected chi connectivity index (χ2v) is 11.2. The Morgan fingerprint density at radius 3 is 2.07 bits per heavy atom. The van der Waals surface area contributed by atoms with Crippen LogP contribution in [0, 0.1) is 0 Å². The molecule has 12 heteroatoms. The quantitative estimate of drug-likeness (QED) is 0.656. The van der Waals surface area contributed by atoms with Crippen molar-refractivity contribution in [3.63, 3.8) is 0 Å². The first kappa shape index (κ1) is 24.1. The Bertz CT molecular complexity index is 1180. The number of benzene rings is 2. The van der Waals surface area contributed by atoms with Gasteiger partial charge in [-0.1, -0.05) is 11.6 Å². The summed E-state index contributed by atoms with van der Waals surface area (Å²) in [7, 11) is -0.801. The van der Waals surface area contributed by atoms with E-state index in [0.29, 0.717) is 0 Å². The lowest BCUT2D eigenvalue weighted by Gasteiger charge is -2.16. The number of anilines is 1. The Morgan fingerprint density at radius 1 is 0.933 bits per heavy atom. The zero-order valence-corrected chi connectivity index (χ0v) is 19.4. The van der Waals surface area contributed by atoms with Gasteiger partial charge in [-0.05, 0) is 36.4 Å². The first-order valence-electron chi connectivity index (χ1n) is 8.46. The van der Waals surface area contributed by atoms with Crippen molar-refractivity contribution in [2.75, 3.05) is 40.6 Å². The van der Waals surface area contributed by atoms with Crippen LogP contribution in [0.15, 0.2) is 46.2 Å². The van der Waals surface area contributed by atoms with E-state index in [1.807, 2.05) is 0 Å². The van der Waals surface area contributed by atoms with Gasteiger partial charge < -0.3 is 10.1 Å². The second kappa shape index (κ2) is 8.90. The molecule has 0 spiro atoms. The van der Waals surface area contributed by atoms with Crippen molar-refractivity contribution in [1.29, 1.82) is 0 Å². The standard InChI is InChI=1S/C18H22ClN3O6S2/c1-21(2)29(24,25)13-7-8-15(19)14(11-13)18(23)20-12-6-9-16(28-5)17(10-12)30(26,27)22(3)4/h6-11H,1-5H3,(H,20,23). The van der Waals surface area contributed by atoms with E-state index in [0.717, 1.165) is 14.7 Å². The first-order chi connectivity index (χ1) is 13.8. The molecule has 0 bridgehead atoms. The summed E-state index contributed by atoms with van der Waals surface area (Å²) in [6.45, 7) is 0. The number of nitrogens with one attached hydrogen (secondary N) is 1.